The summed E-state index contributed by atoms with van der Waals surface area (Å²) in [6.45, 7) is 8.79. The number of benzene rings is 1. The number of aromatic nitrogens is 1. The quantitative estimate of drug-likeness (QED) is 0.194. The minimum atomic E-state index is -0.766. The van der Waals surface area contributed by atoms with Crippen LogP contribution in [0.5, 0.6) is 11.5 Å². The molecule has 0 spiro atoms. The molecule has 1 amide bonds. The fourth-order valence-corrected chi connectivity index (χ4v) is 4.81. The lowest BCUT2D eigenvalue weighted by Gasteiger charge is -2.31. The van der Waals surface area contributed by atoms with Crippen molar-refractivity contribution in [3.05, 3.63) is 59.4 Å². The van der Waals surface area contributed by atoms with Crippen molar-refractivity contribution in [1.82, 2.24) is 14.8 Å². The number of hydrogen-bond donors (Lipinski definition) is 1. The van der Waals surface area contributed by atoms with Gasteiger partial charge in [0.1, 0.15) is 5.76 Å². The van der Waals surface area contributed by atoms with Crippen LogP contribution in [0.15, 0.2) is 48.3 Å². The lowest BCUT2D eigenvalue weighted by atomic mass is 9.95. The molecular weight excluding hydrogens is 486 g/mol. The monoisotopic (exact) mass is 523 g/mol. The normalized spacial score (nSPS) is 19.6. The fourth-order valence-electron chi connectivity index (χ4n) is 4.81. The van der Waals surface area contributed by atoms with Crippen LogP contribution >= 0.6 is 0 Å². The van der Waals surface area contributed by atoms with Crippen LogP contribution in [0.4, 0.5) is 0 Å². The molecule has 0 aliphatic carbocycles. The molecule has 9 heteroatoms. The van der Waals surface area contributed by atoms with Crippen molar-refractivity contribution in [3.63, 3.8) is 0 Å². The Morgan fingerprint density at radius 2 is 1.79 bits per heavy atom. The number of aliphatic hydroxyl groups excluding tert-OH is 1. The van der Waals surface area contributed by atoms with E-state index in [1.165, 1.54) is 12.4 Å². The zero-order valence-electron chi connectivity index (χ0n) is 22.2. The van der Waals surface area contributed by atoms with E-state index in [4.69, 9.17) is 14.2 Å². The predicted molar refractivity (Wildman–Crippen MR) is 143 cm³/mol. The van der Waals surface area contributed by atoms with Gasteiger partial charge in [0.15, 0.2) is 11.5 Å². The fraction of sp³-hybridized carbons (Fsp3) is 0.483. The molecule has 1 aromatic heterocycles. The third-order valence-electron chi connectivity index (χ3n) is 6.84. The molecule has 1 atom stereocenters. The van der Waals surface area contributed by atoms with Gasteiger partial charge in [0.25, 0.3) is 11.7 Å². The first-order valence-corrected chi connectivity index (χ1v) is 13.4. The van der Waals surface area contributed by atoms with E-state index in [1.54, 1.807) is 17.0 Å². The van der Waals surface area contributed by atoms with Crippen molar-refractivity contribution < 1.29 is 28.9 Å². The zero-order valence-corrected chi connectivity index (χ0v) is 22.2. The minimum absolute atomic E-state index is 0.0576. The summed E-state index contributed by atoms with van der Waals surface area (Å²) in [5, 5.41) is 11.2. The molecule has 4 rings (SSSR count). The number of Topliss-reactive ketones (excluding diaryl/α,β-unsaturated/α-hetero) is 1. The summed E-state index contributed by atoms with van der Waals surface area (Å²) in [4.78, 5) is 34.4. The average Bonchev–Trinajstić information content (AvgIpc) is 3.20. The number of carbonyl (C=O) groups is 2. The summed E-state index contributed by atoms with van der Waals surface area (Å²) in [5.74, 6) is -0.390. The van der Waals surface area contributed by atoms with Crippen molar-refractivity contribution >= 4 is 17.4 Å². The van der Waals surface area contributed by atoms with Crippen LogP contribution < -0.4 is 9.47 Å². The maximum Gasteiger partial charge on any atom is 0.295 e. The van der Waals surface area contributed by atoms with E-state index >= 15 is 0 Å². The SMILES string of the molecule is CCCCCOc1ccc(C2C(=C(O)c3ccncc3)C(=O)C(=O)N2CCN2CCOCC2)cc1OCC. The van der Waals surface area contributed by atoms with Crippen molar-refractivity contribution in [3.8, 4) is 11.5 Å². The lowest BCUT2D eigenvalue weighted by Crippen LogP contribution is -2.42. The van der Waals surface area contributed by atoms with Gasteiger partial charge in [0, 0.05) is 44.1 Å². The van der Waals surface area contributed by atoms with Crippen LogP contribution in [0.1, 0.15) is 50.3 Å². The van der Waals surface area contributed by atoms with Crippen molar-refractivity contribution in [1.29, 1.82) is 0 Å². The molecular formula is C29H37N3O6. The van der Waals surface area contributed by atoms with E-state index in [0.29, 0.717) is 62.1 Å². The molecule has 2 saturated heterocycles. The number of aliphatic hydroxyl groups is 1. The van der Waals surface area contributed by atoms with E-state index in [-0.39, 0.29) is 11.3 Å². The molecule has 2 fully saturated rings. The number of rotatable bonds is 12. The van der Waals surface area contributed by atoms with E-state index < -0.39 is 17.7 Å². The largest absolute Gasteiger partial charge is 0.507 e. The smallest absolute Gasteiger partial charge is 0.295 e. The Bertz CT molecular complexity index is 1130. The van der Waals surface area contributed by atoms with Crippen LogP contribution in [-0.4, -0.2) is 84.2 Å². The van der Waals surface area contributed by atoms with Gasteiger partial charge < -0.3 is 24.2 Å². The highest BCUT2D eigenvalue weighted by Gasteiger charge is 2.46. The summed E-state index contributed by atoms with van der Waals surface area (Å²) in [7, 11) is 0. The standard InChI is InChI=1S/C29H37N3O6/c1-3-5-6-17-38-23-8-7-22(20-24(23)37-4-2)26-25(27(33)21-9-11-30-12-10-21)28(34)29(35)32(26)14-13-31-15-18-36-19-16-31/h7-12,20,26,33H,3-6,13-19H2,1-2H3. The van der Waals surface area contributed by atoms with Gasteiger partial charge in [0.05, 0.1) is 38.0 Å². The number of likely N-dealkylation sites (tertiary alicyclic amines) is 1. The van der Waals surface area contributed by atoms with Gasteiger partial charge in [-0.2, -0.15) is 0 Å². The Hall–Kier alpha value is -3.43. The molecule has 2 aliphatic rings. The molecule has 2 aromatic rings. The van der Waals surface area contributed by atoms with Gasteiger partial charge >= 0.3 is 0 Å². The van der Waals surface area contributed by atoms with Crippen LogP contribution in [0.2, 0.25) is 0 Å². The Labute approximate surface area is 224 Å². The Balaban J connectivity index is 1.71. The number of hydrogen-bond acceptors (Lipinski definition) is 8. The molecule has 2 aliphatic heterocycles. The molecule has 9 nitrogen and oxygen atoms in total. The highest BCUT2D eigenvalue weighted by Crippen LogP contribution is 2.42. The molecule has 1 unspecified atom stereocenters. The van der Waals surface area contributed by atoms with Gasteiger partial charge in [-0.25, -0.2) is 0 Å². The van der Waals surface area contributed by atoms with Crippen molar-refractivity contribution in [2.75, 3.05) is 52.6 Å². The molecule has 0 radical (unpaired) electrons. The van der Waals surface area contributed by atoms with Crippen LogP contribution in [0.25, 0.3) is 5.76 Å². The second kappa shape index (κ2) is 13.4. The van der Waals surface area contributed by atoms with Crippen LogP contribution in [0.3, 0.4) is 0 Å². The number of unbranched alkanes of at least 4 members (excludes halogenated alkanes) is 2. The summed E-state index contributed by atoms with van der Waals surface area (Å²) in [5.41, 5.74) is 1.16. The average molecular weight is 524 g/mol. The topological polar surface area (TPSA) is 101 Å². The first-order valence-electron chi connectivity index (χ1n) is 13.4. The molecule has 38 heavy (non-hydrogen) atoms. The van der Waals surface area contributed by atoms with Crippen molar-refractivity contribution in [2.24, 2.45) is 0 Å². The van der Waals surface area contributed by atoms with Crippen molar-refractivity contribution in [2.45, 2.75) is 39.2 Å². The maximum atomic E-state index is 13.3. The number of amides is 1. The summed E-state index contributed by atoms with van der Waals surface area (Å²) < 4.78 is 17.3. The number of ether oxygens (including phenoxy) is 3. The molecule has 3 heterocycles. The van der Waals surface area contributed by atoms with Gasteiger partial charge in [-0.1, -0.05) is 25.8 Å². The second-order valence-corrected chi connectivity index (χ2v) is 9.38. The van der Waals surface area contributed by atoms with Gasteiger partial charge in [-0.05, 0) is 43.2 Å². The van der Waals surface area contributed by atoms with Gasteiger partial charge in [0.2, 0.25) is 0 Å². The molecule has 0 bridgehead atoms. The minimum Gasteiger partial charge on any atom is -0.507 e. The molecule has 204 valence electrons. The summed E-state index contributed by atoms with van der Waals surface area (Å²) in [6.07, 6.45) is 6.19. The number of pyridine rings is 1. The number of nitrogens with zero attached hydrogens (tertiary/aromatic N) is 3. The van der Waals surface area contributed by atoms with Crippen LogP contribution in [-0.2, 0) is 14.3 Å². The van der Waals surface area contributed by atoms with E-state index in [0.717, 1.165) is 32.4 Å². The third-order valence-corrected chi connectivity index (χ3v) is 6.84. The van der Waals surface area contributed by atoms with Gasteiger partial charge in [-0.3, -0.25) is 19.5 Å². The Kier molecular flexibility index (Phi) is 9.73. The van der Waals surface area contributed by atoms with Gasteiger partial charge in [-0.15, -0.1) is 0 Å². The lowest BCUT2D eigenvalue weighted by molar-refractivity contribution is -0.140. The van der Waals surface area contributed by atoms with E-state index in [2.05, 4.69) is 16.8 Å². The second-order valence-electron chi connectivity index (χ2n) is 9.38. The summed E-state index contributed by atoms with van der Waals surface area (Å²) >= 11 is 0. The maximum absolute atomic E-state index is 13.3. The predicted octanol–water partition coefficient (Wildman–Crippen LogP) is 3.80. The highest BCUT2D eigenvalue weighted by molar-refractivity contribution is 6.46. The van der Waals surface area contributed by atoms with Crippen LogP contribution in [0, 0.1) is 0 Å². The molecule has 0 saturated carbocycles. The number of ketones is 1. The zero-order chi connectivity index (χ0) is 26.9. The Morgan fingerprint density at radius 3 is 2.50 bits per heavy atom. The third kappa shape index (κ3) is 6.34. The first kappa shape index (κ1) is 27.6. The number of carbonyl (C=O) groups excluding carboxylic acids is 2. The highest BCUT2D eigenvalue weighted by atomic mass is 16.5. The number of morpholine rings is 1. The molecule has 1 N–H and O–H groups in total. The Morgan fingerprint density at radius 1 is 1.03 bits per heavy atom. The summed E-state index contributed by atoms with van der Waals surface area (Å²) in [6, 6.07) is 7.95. The molecule has 1 aromatic carbocycles. The van der Waals surface area contributed by atoms with E-state index in [9.17, 15) is 14.7 Å². The van der Waals surface area contributed by atoms with E-state index in [1.807, 2.05) is 25.1 Å². The first-order chi connectivity index (χ1) is 18.5.